The first-order valence-electron chi connectivity index (χ1n) is 9.24. The highest BCUT2D eigenvalue weighted by molar-refractivity contribution is 9.10. The van der Waals surface area contributed by atoms with Crippen molar-refractivity contribution in [2.45, 2.75) is 26.9 Å². The van der Waals surface area contributed by atoms with E-state index in [0.717, 1.165) is 15.4 Å². The van der Waals surface area contributed by atoms with Crippen LogP contribution < -0.4 is 4.74 Å². The quantitative estimate of drug-likeness (QED) is 0.483. The summed E-state index contributed by atoms with van der Waals surface area (Å²) in [5.41, 5.74) is 1.94. The summed E-state index contributed by atoms with van der Waals surface area (Å²) < 4.78 is 18.1. The van der Waals surface area contributed by atoms with Crippen LogP contribution in [0.4, 0.5) is 4.79 Å². The Balaban J connectivity index is 1.87. The van der Waals surface area contributed by atoms with Crippen LogP contribution in [0.3, 0.4) is 0 Å². The second kappa shape index (κ2) is 9.56. The molecular weight excluding hydrogens is 440 g/mol. The van der Waals surface area contributed by atoms with Gasteiger partial charge in [0, 0.05) is 15.4 Å². The lowest BCUT2D eigenvalue weighted by molar-refractivity contribution is -0.142. The molecule has 0 aliphatic carbocycles. The molecule has 0 aliphatic heterocycles. The molecule has 0 saturated carbocycles. The third-order valence-electron chi connectivity index (χ3n) is 4.14. The molecule has 3 aromatic rings. The van der Waals surface area contributed by atoms with Crippen molar-refractivity contribution in [3.8, 4) is 5.75 Å². The number of ether oxygens (including phenoxy) is 3. The Kier molecular flexibility index (Phi) is 6.87. The van der Waals surface area contributed by atoms with Crippen LogP contribution >= 0.6 is 15.9 Å². The highest BCUT2D eigenvalue weighted by atomic mass is 79.9. The molecule has 0 bridgehead atoms. The molecule has 0 radical (unpaired) electrons. The number of rotatable bonds is 7. The van der Waals surface area contributed by atoms with Gasteiger partial charge in [0.05, 0.1) is 25.2 Å². The first kappa shape index (κ1) is 20.9. The van der Waals surface area contributed by atoms with Gasteiger partial charge < -0.3 is 14.2 Å². The number of carbonyl (C=O) groups is 2. The second-order valence-corrected chi connectivity index (χ2v) is 7.01. The maximum atomic E-state index is 12.2. The van der Waals surface area contributed by atoms with Gasteiger partial charge in [-0.3, -0.25) is 4.79 Å². The second-order valence-electron chi connectivity index (χ2n) is 6.10. The van der Waals surface area contributed by atoms with Gasteiger partial charge in [0.2, 0.25) is 0 Å². The number of halogens is 1. The Labute approximate surface area is 176 Å². The number of carbonyl (C=O) groups excluding carboxylic acids is 2. The van der Waals surface area contributed by atoms with Crippen molar-refractivity contribution >= 4 is 38.9 Å². The summed E-state index contributed by atoms with van der Waals surface area (Å²) in [4.78, 5) is 24.1. The molecule has 1 aromatic heterocycles. The molecular formula is C21H21BrN2O5. The Morgan fingerprint density at radius 3 is 2.59 bits per heavy atom. The topological polar surface area (TPSA) is 79.7 Å². The van der Waals surface area contributed by atoms with Gasteiger partial charge in [0.15, 0.2) is 0 Å². The average Bonchev–Trinajstić information content (AvgIpc) is 3.05. The fraction of sp³-hybridized carbons (Fsp3) is 0.286. The van der Waals surface area contributed by atoms with Crippen molar-refractivity contribution < 1.29 is 23.8 Å². The van der Waals surface area contributed by atoms with Crippen molar-refractivity contribution in [1.29, 1.82) is 0 Å². The van der Waals surface area contributed by atoms with E-state index < -0.39 is 6.09 Å². The number of hydrogen-bond acceptors (Lipinski definition) is 6. The Hall–Kier alpha value is -2.87. The maximum absolute atomic E-state index is 12.2. The Morgan fingerprint density at radius 2 is 1.83 bits per heavy atom. The molecule has 29 heavy (non-hydrogen) atoms. The lowest BCUT2D eigenvalue weighted by Crippen LogP contribution is -2.15. The molecule has 7 nitrogen and oxygen atoms in total. The van der Waals surface area contributed by atoms with Crippen LogP contribution in [-0.4, -0.2) is 35.1 Å². The molecule has 3 rings (SSSR count). The van der Waals surface area contributed by atoms with Crippen LogP contribution in [0.1, 0.15) is 25.1 Å². The highest BCUT2D eigenvalue weighted by Crippen LogP contribution is 2.26. The zero-order chi connectivity index (χ0) is 20.8. The molecule has 0 N–H and O–H groups in total. The smallest absolute Gasteiger partial charge is 0.435 e. The molecule has 152 valence electrons. The fourth-order valence-corrected chi connectivity index (χ4v) is 3.25. The van der Waals surface area contributed by atoms with E-state index in [-0.39, 0.29) is 25.6 Å². The summed E-state index contributed by atoms with van der Waals surface area (Å²) in [5, 5.41) is 5.16. The van der Waals surface area contributed by atoms with Gasteiger partial charge in [0.25, 0.3) is 0 Å². The van der Waals surface area contributed by atoms with Gasteiger partial charge in [-0.1, -0.05) is 34.1 Å². The van der Waals surface area contributed by atoms with E-state index in [4.69, 9.17) is 14.2 Å². The third kappa shape index (κ3) is 4.95. The van der Waals surface area contributed by atoms with E-state index in [9.17, 15) is 9.59 Å². The minimum absolute atomic E-state index is 0.119. The van der Waals surface area contributed by atoms with Gasteiger partial charge >= 0.3 is 12.1 Å². The first-order chi connectivity index (χ1) is 14.0. The molecule has 0 atom stereocenters. The van der Waals surface area contributed by atoms with Crippen LogP contribution in [-0.2, 0) is 27.3 Å². The van der Waals surface area contributed by atoms with Crippen LogP contribution in [0, 0.1) is 0 Å². The molecule has 0 spiro atoms. The Bertz CT molecular complexity index is 1030. The van der Waals surface area contributed by atoms with E-state index in [1.165, 1.54) is 4.68 Å². The molecule has 0 amide bonds. The molecule has 0 fully saturated rings. The third-order valence-corrected chi connectivity index (χ3v) is 4.63. The average molecular weight is 461 g/mol. The summed E-state index contributed by atoms with van der Waals surface area (Å²) in [6.07, 6.45) is -0.429. The molecule has 8 heteroatoms. The summed E-state index contributed by atoms with van der Waals surface area (Å²) in [6.45, 7) is 4.21. The molecule has 0 aliphatic rings. The number of nitrogens with zero attached hydrogens (tertiary/aromatic N) is 2. The first-order valence-corrected chi connectivity index (χ1v) is 10.0. The van der Waals surface area contributed by atoms with Crippen molar-refractivity contribution in [3.05, 3.63) is 58.2 Å². The molecule has 1 heterocycles. The highest BCUT2D eigenvalue weighted by Gasteiger charge is 2.18. The van der Waals surface area contributed by atoms with Crippen LogP contribution in [0.25, 0.3) is 10.9 Å². The number of benzene rings is 2. The summed E-state index contributed by atoms with van der Waals surface area (Å²) in [7, 11) is 0. The SMILES string of the molecule is CCOC(=O)Cc1ccccc1OCc1nn(C(=O)OCC)c2ccc(Br)cc12. The molecule has 2 aromatic carbocycles. The minimum Gasteiger partial charge on any atom is -0.487 e. The lowest BCUT2D eigenvalue weighted by atomic mass is 10.1. The van der Waals surface area contributed by atoms with Crippen LogP contribution in [0.15, 0.2) is 46.9 Å². The van der Waals surface area contributed by atoms with E-state index in [0.29, 0.717) is 23.6 Å². The van der Waals surface area contributed by atoms with Gasteiger partial charge in [-0.2, -0.15) is 9.78 Å². The normalized spacial score (nSPS) is 10.7. The van der Waals surface area contributed by atoms with Gasteiger partial charge in [-0.25, -0.2) is 4.79 Å². The van der Waals surface area contributed by atoms with Crippen LogP contribution in [0.2, 0.25) is 0 Å². The zero-order valence-corrected chi connectivity index (χ0v) is 17.8. The van der Waals surface area contributed by atoms with Crippen LogP contribution in [0.5, 0.6) is 5.75 Å². The van der Waals surface area contributed by atoms with Gasteiger partial charge in [-0.15, -0.1) is 0 Å². The maximum Gasteiger partial charge on any atom is 0.435 e. The van der Waals surface area contributed by atoms with Gasteiger partial charge in [0.1, 0.15) is 18.1 Å². The number of fused-ring (bicyclic) bond motifs is 1. The van der Waals surface area contributed by atoms with E-state index in [1.54, 1.807) is 26.0 Å². The zero-order valence-electron chi connectivity index (χ0n) is 16.2. The predicted octanol–water partition coefficient (Wildman–Crippen LogP) is 4.49. The van der Waals surface area contributed by atoms with E-state index in [1.807, 2.05) is 30.3 Å². The largest absolute Gasteiger partial charge is 0.487 e. The van der Waals surface area contributed by atoms with Crippen molar-refractivity contribution in [2.75, 3.05) is 13.2 Å². The van der Waals surface area contributed by atoms with Gasteiger partial charge in [-0.05, 0) is 38.1 Å². The van der Waals surface area contributed by atoms with Crippen molar-refractivity contribution in [2.24, 2.45) is 0 Å². The number of hydrogen-bond donors (Lipinski definition) is 0. The number of aromatic nitrogens is 2. The predicted molar refractivity (Wildman–Crippen MR) is 111 cm³/mol. The minimum atomic E-state index is -0.547. The molecule has 0 saturated heterocycles. The van der Waals surface area contributed by atoms with Crippen molar-refractivity contribution in [3.63, 3.8) is 0 Å². The standard InChI is InChI=1S/C21H21BrN2O5/c1-3-27-20(25)11-14-7-5-6-8-19(14)29-13-17-16-12-15(22)9-10-18(16)24(23-17)21(26)28-4-2/h5-10,12H,3-4,11,13H2,1-2H3. The molecule has 0 unspecified atom stereocenters. The summed E-state index contributed by atoms with van der Waals surface area (Å²) in [5.74, 6) is 0.249. The monoisotopic (exact) mass is 460 g/mol. The lowest BCUT2D eigenvalue weighted by Gasteiger charge is -2.10. The summed E-state index contributed by atoms with van der Waals surface area (Å²) in [6, 6.07) is 12.8. The van der Waals surface area contributed by atoms with Crippen molar-refractivity contribution in [1.82, 2.24) is 9.78 Å². The summed E-state index contributed by atoms with van der Waals surface area (Å²) >= 11 is 3.45. The van der Waals surface area contributed by atoms with E-state index in [2.05, 4.69) is 21.0 Å². The fourth-order valence-electron chi connectivity index (χ4n) is 2.89. The Morgan fingerprint density at radius 1 is 1.07 bits per heavy atom. The number of para-hydroxylation sites is 1. The number of esters is 1. The van der Waals surface area contributed by atoms with E-state index >= 15 is 0 Å².